The average molecular weight is 474 g/mol. The molecule has 4 heterocycles. The first-order chi connectivity index (χ1) is 17.6. The summed E-state index contributed by atoms with van der Waals surface area (Å²) in [5.41, 5.74) is 9.56. The Morgan fingerprint density at radius 2 is 1.81 bits per heavy atom. The predicted octanol–water partition coefficient (Wildman–Crippen LogP) is 6.52. The molecule has 0 aliphatic carbocycles. The lowest BCUT2D eigenvalue weighted by atomic mass is 10.1. The summed E-state index contributed by atoms with van der Waals surface area (Å²) in [4.78, 5) is 21.9. The molecule has 0 unspecified atom stereocenters. The van der Waals surface area contributed by atoms with Crippen molar-refractivity contribution in [3.63, 3.8) is 0 Å². The Kier molecular flexibility index (Phi) is 6.28. The minimum absolute atomic E-state index is 0.662. The third-order valence-corrected chi connectivity index (χ3v) is 6.00. The summed E-state index contributed by atoms with van der Waals surface area (Å²) >= 11 is 0. The highest BCUT2D eigenvalue weighted by Crippen LogP contribution is 2.32. The number of aromatic nitrogens is 5. The summed E-state index contributed by atoms with van der Waals surface area (Å²) in [6.07, 6.45) is 8.02. The van der Waals surface area contributed by atoms with Gasteiger partial charge in [0.1, 0.15) is 5.82 Å². The lowest BCUT2D eigenvalue weighted by Crippen LogP contribution is -2.02. The highest BCUT2D eigenvalue weighted by Gasteiger charge is 2.17. The van der Waals surface area contributed by atoms with Crippen LogP contribution in [0.4, 0.5) is 11.4 Å². The molecule has 0 bridgehead atoms. The Labute approximate surface area is 210 Å². The van der Waals surface area contributed by atoms with Gasteiger partial charge in [-0.1, -0.05) is 38.3 Å². The van der Waals surface area contributed by atoms with Gasteiger partial charge in [-0.25, -0.2) is 9.97 Å². The van der Waals surface area contributed by atoms with Gasteiger partial charge in [0.25, 0.3) is 0 Å². The number of nitrogens with one attached hydrogen (secondary N) is 3. The van der Waals surface area contributed by atoms with E-state index in [2.05, 4.69) is 45.7 Å². The SMILES string of the molecule is C=C(CC)Nc1cncc(-c2ccc(NC)c(C(=C)c3nc4c(-c5cccnc5)cccc4[nH]3)n2)c1. The molecule has 7 heteroatoms. The van der Waals surface area contributed by atoms with Crippen LogP contribution in [0.1, 0.15) is 24.9 Å². The summed E-state index contributed by atoms with van der Waals surface area (Å²) in [6, 6.07) is 16.0. The topological polar surface area (TPSA) is 91.4 Å². The number of aromatic amines is 1. The van der Waals surface area contributed by atoms with Crippen molar-refractivity contribution in [3.05, 3.63) is 104 Å². The van der Waals surface area contributed by atoms with Crippen LogP contribution in [0.3, 0.4) is 0 Å². The van der Waals surface area contributed by atoms with Gasteiger partial charge >= 0.3 is 0 Å². The van der Waals surface area contributed by atoms with Crippen LogP contribution in [0.25, 0.3) is 39.0 Å². The molecule has 4 aromatic heterocycles. The normalized spacial score (nSPS) is 10.8. The Bertz CT molecular complexity index is 1570. The van der Waals surface area contributed by atoms with Crippen LogP contribution in [-0.4, -0.2) is 32.0 Å². The lowest BCUT2D eigenvalue weighted by molar-refractivity contribution is 1.11. The van der Waals surface area contributed by atoms with Crippen molar-refractivity contribution in [1.29, 1.82) is 0 Å². The maximum Gasteiger partial charge on any atom is 0.140 e. The zero-order valence-corrected chi connectivity index (χ0v) is 20.3. The van der Waals surface area contributed by atoms with E-state index in [1.165, 1.54) is 0 Å². The van der Waals surface area contributed by atoms with Gasteiger partial charge in [-0.3, -0.25) is 9.97 Å². The quantitative estimate of drug-likeness (QED) is 0.238. The number of imidazole rings is 1. The molecule has 0 saturated heterocycles. The second kappa shape index (κ2) is 9.84. The standard InChI is InChI=1S/C29H27N7/c1-5-18(2)33-22-14-21(16-32-17-22)24-11-12-25(30-4)27(34-24)19(3)29-35-26-10-6-9-23(28(26)36-29)20-8-7-13-31-15-20/h6-17,30,33H,2-3,5H2,1,4H3,(H,35,36). The fourth-order valence-electron chi connectivity index (χ4n) is 4.03. The van der Waals surface area contributed by atoms with E-state index >= 15 is 0 Å². The fourth-order valence-corrected chi connectivity index (χ4v) is 4.03. The molecule has 5 aromatic rings. The molecule has 0 aliphatic rings. The second-order valence-corrected chi connectivity index (χ2v) is 8.39. The van der Waals surface area contributed by atoms with Crippen molar-refractivity contribution in [3.8, 4) is 22.4 Å². The van der Waals surface area contributed by atoms with Crippen LogP contribution in [0.5, 0.6) is 0 Å². The number of fused-ring (bicyclic) bond motifs is 1. The largest absolute Gasteiger partial charge is 0.386 e. The third-order valence-electron chi connectivity index (χ3n) is 6.00. The lowest BCUT2D eigenvalue weighted by Gasteiger charge is -2.13. The molecule has 7 nitrogen and oxygen atoms in total. The minimum atomic E-state index is 0.662. The van der Waals surface area contributed by atoms with E-state index in [0.717, 1.165) is 56.9 Å². The molecule has 0 saturated carbocycles. The van der Waals surface area contributed by atoms with Crippen molar-refractivity contribution in [2.75, 3.05) is 17.7 Å². The molecule has 0 spiro atoms. The second-order valence-electron chi connectivity index (χ2n) is 8.39. The zero-order valence-electron chi connectivity index (χ0n) is 20.3. The van der Waals surface area contributed by atoms with Crippen LogP contribution in [0, 0.1) is 0 Å². The van der Waals surface area contributed by atoms with Gasteiger partial charge in [-0.15, -0.1) is 0 Å². The van der Waals surface area contributed by atoms with E-state index < -0.39 is 0 Å². The molecule has 0 fully saturated rings. The number of allylic oxidation sites excluding steroid dienone is 1. The maximum absolute atomic E-state index is 4.96. The van der Waals surface area contributed by atoms with E-state index in [0.29, 0.717) is 17.1 Å². The number of rotatable bonds is 8. The van der Waals surface area contributed by atoms with Gasteiger partial charge in [0.15, 0.2) is 0 Å². The number of pyridine rings is 3. The molecule has 0 atom stereocenters. The highest BCUT2D eigenvalue weighted by molar-refractivity contribution is 5.94. The summed E-state index contributed by atoms with van der Waals surface area (Å²) in [7, 11) is 1.87. The van der Waals surface area contributed by atoms with Gasteiger partial charge in [-0.2, -0.15) is 0 Å². The number of nitrogens with zero attached hydrogens (tertiary/aromatic N) is 4. The average Bonchev–Trinajstić information content (AvgIpc) is 3.37. The molecular formula is C29H27N7. The number of benzene rings is 1. The summed E-state index contributed by atoms with van der Waals surface area (Å²) in [6.45, 7) is 10.4. The highest BCUT2D eigenvalue weighted by atomic mass is 14.9. The van der Waals surface area contributed by atoms with Crippen molar-refractivity contribution in [2.45, 2.75) is 13.3 Å². The Balaban J connectivity index is 1.54. The van der Waals surface area contributed by atoms with Gasteiger partial charge in [0.05, 0.1) is 40.0 Å². The van der Waals surface area contributed by atoms with Gasteiger partial charge in [-0.05, 0) is 36.8 Å². The van der Waals surface area contributed by atoms with Crippen LogP contribution in [0.2, 0.25) is 0 Å². The van der Waals surface area contributed by atoms with Crippen molar-refractivity contribution < 1.29 is 0 Å². The number of hydrogen-bond acceptors (Lipinski definition) is 6. The number of para-hydroxylation sites is 1. The Morgan fingerprint density at radius 1 is 0.944 bits per heavy atom. The third kappa shape index (κ3) is 4.46. The van der Waals surface area contributed by atoms with E-state index in [4.69, 9.17) is 9.97 Å². The van der Waals surface area contributed by atoms with Crippen molar-refractivity contribution >= 4 is 28.0 Å². The molecule has 5 rings (SSSR count). The molecule has 0 aliphatic heterocycles. The minimum Gasteiger partial charge on any atom is -0.386 e. The molecule has 178 valence electrons. The summed E-state index contributed by atoms with van der Waals surface area (Å²) in [5.74, 6) is 0.662. The van der Waals surface area contributed by atoms with E-state index in [-0.39, 0.29) is 0 Å². The van der Waals surface area contributed by atoms with Gasteiger partial charge in [0, 0.05) is 53.6 Å². The monoisotopic (exact) mass is 473 g/mol. The fraction of sp³-hybridized carbons (Fsp3) is 0.103. The van der Waals surface area contributed by atoms with Crippen molar-refractivity contribution in [2.24, 2.45) is 0 Å². The van der Waals surface area contributed by atoms with Crippen LogP contribution < -0.4 is 10.6 Å². The molecule has 1 aromatic carbocycles. The molecule has 3 N–H and O–H groups in total. The Morgan fingerprint density at radius 3 is 2.58 bits per heavy atom. The maximum atomic E-state index is 4.96. The molecule has 0 amide bonds. The zero-order chi connectivity index (χ0) is 25.1. The van der Waals surface area contributed by atoms with Gasteiger partial charge < -0.3 is 15.6 Å². The Hall–Kier alpha value is -4.78. The first-order valence-corrected chi connectivity index (χ1v) is 11.7. The number of anilines is 2. The van der Waals surface area contributed by atoms with E-state index in [1.54, 1.807) is 18.6 Å². The first-order valence-electron chi connectivity index (χ1n) is 11.7. The first kappa shape index (κ1) is 23.0. The summed E-state index contributed by atoms with van der Waals surface area (Å²) in [5, 5.41) is 6.52. The van der Waals surface area contributed by atoms with E-state index in [9.17, 15) is 0 Å². The van der Waals surface area contributed by atoms with Gasteiger partial charge in [0.2, 0.25) is 0 Å². The molecular weight excluding hydrogens is 446 g/mol. The smallest absolute Gasteiger partial charge is 0.140 e. The van der Waals surface area contributed by atoms with Crippen LogP contribution in [-0.2, 0) is 0 Å². The van der Waals surface area contributed by atoms with Crippen LogP contribution in [0.15, 0.2) is 92.2 Å². The number of H-pyrrole nitrogens is 1. The summed E-state index contributed by atoms with van der Waals surface area (Å²) < 4.78 is 0. The molecule has 36 heavy (non-hydrogen) atoms. The van der Waals surface area contributed by atoms with E-state index in [1.807, 2.05) is 61.8 Å². The molecule has 0 radical (unpaired) electrons. The predicted molar refractivity (Wildman–Crippen MR) is 148 cm³/mol. The van der Waals surface area contributed by atoms with Crippen molar-refractivity contribution in [1.82, 2.24) is 24.9 Å². The van der Waals surface area contributed by atoms with Crippen LogP contribution >= 0.6 is 0 Å². The number of hydrogen-bond donors (Lipinski definition) is 3.